The van der Waals surface area contributed by atoms with Crippen molar-refractivity contribution in [3.63, 3.8) is 0 Å². The Morgan fingerprint density at radius 3 is 2.15 bits per heavy atom. The standard InChI is InChI=1S/C8H12O5/c1-11-5-6(8(10)13-3)4-7(9)12-2/h4H,5H2,1-3H3/b6-4+. The van der Waals surface area contributed by atoms with Crippen LogP contribution in [0.2, 0.25) is 0 Å². The highest BCUT2D eigenvalue weighted by molar-refractivity contribution is 5.96. The van der Waals surface area contributed by atoms with E-state index in [1.807, 2.05) is 0 Å². The maximum atomic E-state index is 11.0. The van der Waals surface area contributed by atoms with Crippen LogP contribution < -0.4 is 0 Å². The summed E-state index contributed by atoms with van der Waals surface area (Å²) in [5.41, 5.74) is 0.122. The summed E-state index contributed by atoms with van der Waals surface area (Å²) in [6, 6.07) is 0. The van der Waals surface area contributed by atoms with Gasteiger partial charge in [0.15, 0.2) is 0 Å². The molecular weight excluding hydrogens is 176 g/mol. The van der Waals surface area contributed by atoms with Gasteiger partial charge >= 0.3 is 11.9 Å². The molecule has 0 bridgehead atoms. The lowest BCUT2D eigenvalue weighted by Crippen LogP contribution is -2.12. The molecule has 0 rings (SSSR count). The zero-order valence-electron chi connectivity index (χ0n) is 7.83. The van der Waals surface area contributed by atoms with E-state index in [-0.39, 0.29) is 12.2 Å². The van der Waals surface area contributed by atoms with E-state index in [9.17, 15) is 9.59 Å². The van der Waals surface area contributed by atoms with Gasteiger partial charge in [-0.05, 0) is 0 Å². The van der Waals surface area contributed by atoms with Crippen LogP contribution in [0.4, 0.5) is 0 Å². The molecule has 0 heterocycles. The minimum atomic E-state index is -0.613. The summed E-state index contributed by atoms with van der Waals surface area (Å²) in [5.74, 6) is -1.22. The molecule has 0 atom stereocenters. The van der Waals surface area contributed by atoms with E-state index in [0.29, 0.717) is 0 Å². The first-order valence-electron chi connectivity index (χ1n) is 3.51. The summed E-state index contributed by atoms with van der Waals surface area (Å²) in [6.07, 6.45) is 1.04. The van der Waals surface area contributed by atoms with Crippen molar-refractivity contribution in [2.45, 2.75) is 0 Å². The smallest absolute Gasteiger partial charge is 0.336 e. The molecule has 0 N–H and O–H groups in total. The Bertz CT molecular complexity index is 219. The number of hydrogen-bond acceptors (Lipinski definition) is 5. The Balaban J connectivity index is 4.48. The lowest BCUT2D eigenvalue weighted by molar-refractivity contribution is -0.139. The molecule has 0 aliphatic heterocycles. The molecule has 0 radical (unpaired) electrons. The van der Waals surface area contributed by atoms with Crippen molar-refractivity contribution in [1.29, 1.82) is 0 Å². The van der Waals surface area contributed by atoms with Crippen molar-refractivity contribution < 1.29 is 23.8 Å². The molecule has 0 saturated carbocycles. The number of ether oxygens (including phenoxy) is 3. The van der Waals surface area contributed by atoms with Gasteiger partial charge in [-0.15, -0.1) is 0 Å². The normalized spacial score (nSPS) is 10.8. The molecule has 0 aromatic heterocycles. The zero-order chi connectivity index (χ0) is 10.3. The molecule has 5 nitrogen and oxygen atoms in total. The van der Waals surface area contributed by atoms with Crippen molar-refractivity contribution in [2.75, 3.05) is 27.9 Å². The second-order valence-electron chi connectivity index (χ2n) is 2.12. The summed E-state index contributed by atoms with van der Waals surface area (Å²) in [5, 5.41) is 0. The summed E-state index contributed by atoms with van der Waals surface area (Å²) in [4.78, 5) is 21.7. The van der Waals surface area contributed by atoms with E-state index in [0.717, 1.165) is 6.08 Å². The first-order chi connectivity index (χ1) is 6.15. The monoisotopic (exact) mass is 188 g/mol. The van der Waals surface area contributed by atoms with Crippen LogP contribution in [-0.4, -0.2) is 39.9 Å². The fourth-order valence-corrected chi connectivity index (χ4v) is 0.647. The van der Waals surface area contributed by atoms with Gasteiger partial charge in [-0.25, -0.2) is 9.59 Å². The van der Waals surface area contributed by atoms with Crippen LogP contribution >= 0.6 is 0 Å². The predicted molar refractivity (Wildman–Crippen MR) is 44.0 cm³/mol. The molecule has 0 fully saturated rings. The molecule has 74 valence electrons. The fraction of sp³-hybridized carbons (Fsp3) is 0.500. The van der Waals surface area contributed by atoms with E-state index >= 15 is 0 Å². The molecule has 13 heavy (non-hydrogen) atoms. The molecule has 0 aliphatic carbocycles. The zero-order valence-corrected chi connectivity index (χ0v) is 7.83. The van der Waals surface area contributed by atoms with Crippen molar-refractivity contribution in [2.24, 2.45) is 0 Å². The van der Waals surface area contributed by atoms with Gasteiger partial charge in [0.05, 0.1) is 26.4 Å². The fourth-order valence-electron chi connectivity index (χ4n) is 0.647. The van der Waals surface area contributed by atoms with E-state index in [1.165, 1.54) is 21.3 Å². The maximum Gasteiger partial charge on any atom is 0.336 e. The van der Waals surface area contributed by atoms with Crippen LogP contribution in [0.15, 0.2) is 11.6 Å². The predicted octanol–water partition coefficient (Wildman–Crippen LogP) is -0.0948. The number of rotatable bonds is 4. The van der Waals surface area contributed by atoms with Crippen molar-refractivity contribution in [1.82, 2.24) is 0 Å². The Morgan fingerprint density at radius 2 is 1.77 bits per heavy atom. The molecular formula is C8H12O5. The van der Waals surface area contributed by atoms with Gasteiger partial charge in [0.2, 0.25) is 0 Å². The molecule has 0 amide bonds. The number of methoxy groups -OCH3 is 3. The van der Waals surface area contributed by atoms with Gasteiger partial charge in [0, 0.05) is 13.2 Å². The van der Waals surface area contributed by atoms with Gasteiger partial charge in [-0.2, -0.15) is 0 Å². The SMILES string of the molecule is COC/C(=C\C(=O)OC)C(=O)OC. The number of carbonyl (C=O) groups is 2. The summed E-state index contributed by atoms with van der Waals surface area (Å²) < 4.78 is 13.5. The van der Waals surface area contributed by atoms with Crippen LogP contribution in [0.5, 0.6) is 0 Å². The Kier molecular flexibility index (Phi) is 5.54. The van der Waals surface area contributed by atoms with Crippen LogP contribution in [0.25, 0.3) is 0 Å². The van der Waals surface area contributed by atoms with Crippen LogP contribution in [0.3, 0.4) is 0 Å². The third-order valence-electron chi connectivity index (χ3n) is 1.24. The third kappa shape index (κ3) is 4.27. The van der Waals surface area contributed by atoms with Crippen LogP contribution in [-0.2, 0) is 23.8 Å². The maximum absolute atomic E-state index is 11.0. The van der Waals surface area contributed by atoms with Crippen molar-refractivity contribution in [3.05, 3.63) is 11.6 Å². The highest BCUT2D eigenvalue weighted by Gasteiger charge is 2.11. The third-order valence-corrected chi connectivity index (χ3v) is 1.24. The summed E-state index contributed by atoms with van der Waals surface area (Å²) in [7, 11) is 3.86. The van der Waals surface area contributed by atoms with Gasteiger partial charge in [-0.1, -0.05) is 0 Å². The minimum absolute atomic E-state index is 0.0156. The first-order valence-corrected chi connectivity index (χ1v) is 3.51. The highest BCUT2D eigenvalue weighted by atomic mass is 16.5. The van der Waals surface area contributed by atoms with Crippen LogP contribution in [0.1, 0.15) is 0 Å². The molecule has 0 aromatic rings. The van der Waals surface area contributed by atoms with Gasteiger partial charge < -0.3 is 14.2 Å². The minimum Gasteiger partial charge on any atom is -0.466 e. The summed E-state index contributed by atoms with van der Waals surface area (Å²) >= 11 is 0. The van der Waals surface area contributed by atoms with E-state index in [4.69, 9.17) is 4.74 Å². The molecule has 0 aromatic carbocycles. The lowest BCUT2D eigenvalue weighted by Gasteiger charge is -2.02. The second-order valence-corrected chi connectivity index (χ2v) is 2.12. The van der Waals surface area contributed by atoms with E-state index < -0.39 is 11.9 Å². The van der Waals surface area contributed by atoms with Gasteiger partial charge in [0.1, 0.15) is 0 Å². The Hall–Kier alpha value is -1.36. The second kappa shape index (κ2) is 6.19. The van der Waals surface area contributed by atoms with Crippen molar-refractivity contribution >= 4 is 11.9 Å². The van der Waals surface area contributed by atoms with Crippen LogP contribution in [0, 0.1) is 0 Å². The average molecular weight is 188 g/mol. The number of carbonyl (C=O) groups excluding carboxylic acids is 2. The first kappa shape index (κ1) is 11.6. The van der Waals surface area contributed by atoms with Gasteiger partial charge in [0.25, 0.3) is 0 Å². The number of hydrogen-bond donors (Lipinski definition) is 0. The van der Waals surface area contributed by atoms with Gasteiger partial charge in [-0.3, -0.25) is 0 Å². The Morgan fingerprint density at radius 1 is 1.15 bits per heavy atom. The summed E-state index contributed by atoms with van der Waals surface area (Å²) in [6.45, 7) is 0.0156. The quantitative estimate of drug-likeness (QED) is 0.455. The molecule has 5 heteroatoms. The van der Waals surface area contributed by atoms with Crippen molar-refractivity contribution in [3.8, 4) is 0 Å². The molecule has 0 spiro atoms. The molecule has 0 saturated heterocycles. The largest absolute Gasteiger partial charge is 0.466 e. The lowest BCUT2D eigenvalue weighted by atomic mass is 10.2. The average Bonchev–Trinajstić information content (AvgIpc) is 2.15. The molecule has 0 aliphatic rings. The Labute approximate surface area is 76.3 Å². The van der Waals surface area contributed by atoms with E-state index in [1.54, 1.807) is 0 Å². The highest BCUT2D eigenvalue weighted by Crippen LogP contribution is 1.98. The van der Waals surface area contributed by atoms with E-state index in [2.05, 4.69) is 9.47 Å². The number of esters is 2. The molecule has 0 unspecified atom stereocenters. The topological polar surface area (TPSA) is 61.8 Å².